The van der Waals surface area contributed by atoms with E-state index >= 15 is 0 Å². The lowest BCUT2D eigenvalue weighted by atomic mass is 9.94. The number of nitrogens with one attached hydrogen (secondary N) is 7. The quantitative estimate of drug-likeness (QED) is 0.0435. The molecule has 2 aromatic rings. The van der Waals surface area contributed by atoms with Gasteiger partial charge in [0.05, 0.1) is 25.1 Å². The van der Waals surface area contributed by atoms with Gasteiger partial charge in [-0.25, -0.2) is 0 Å². The molecular weight excluding hydrogens is 977 g/mol. The molecule has 2 aromatic carbocycles. The maximum absolute atomic E-state index is 14.3. The zero-order valence-electron chi connectivity index (χ0n) is 43.5. The smallest absolute Gasteiger partial charge is 0.248 e. The van der Waals surface area contributed by atoms with Gasteiger partial charge >= 0.3 is 0 Å². The predicted molar refractivity (Wildman–Crippen MR) is 271 cm³/mol. The number of aliphatic hydroxyl groups excluding tert-OH is 1. The largest absolute Gasteiger partial charge is 0.508 e. The third kappa shape index (κ3) is 19.6. The SMILES string of the molecule is CCC(C)[C@H](NC(=O)[C@@H](NC(=O)[C@H](CC(N)=O)NC(=O)[C@H](CCC(N)=O)NC(=O)C1CCCN1C(=O)[C@@H](NC(=O)[C@H](Cc1ccc(O)cc1)NC(=O)CNC(=O)[C@@H](C)Cc1ccc(O)cc1)C(C)O)C(C)C)C(C)=O. The van der Waals surface area contributed by atoms with Crippen molar-refractivity contribution in [3.63, 3.8) is 0 Å². The van der Waals surface area contributed by atoms with Crippen molar-refractivity contribution in [3.05, 3.63) is 59.7 Å². The highest BCUT2D eigenvalue weighted by Gasteiger charge is 2.42. The molecule has 75 heavy (non-hydrogen) atoms. The summed E-state index contributed by atoms with van der Waals surface area (Å²) in [5.41, 5.74) is 12.1. The van der Waals surface area contributed by atoms with E-state index in [0.717, 1.165) is 10.5 Å². The van der Waals surface area contributed by atoms with Gasteiger partial charge < -0.3 is 68.9 Å². The van der Waals surface area contributed by atoms with Crippen molar-refractivity contribution >= 4 is 64.9 Å². The van der Waals surface area contributed by atoms with Gasteiger partial charge in [-0.2, -0.15) is 0 Å². The maximum atomic E-state index is 14.3. The van der Waals surface area contributed by atoms with E-state index in [1.165, 1.54) is 50.2 Å². The number of hydrogen-bond donors (Lipinski definition) is 12. The Kier molecular flexibility index (Phi) is 24.1. The van der Waals surface area contributed by atoms with E-state index in [4.69, 9.17) is 11.5 Å². The minimum Gasteiger partial charge on any atom is -0.508 e. The molecule has 412 valence electrons. The van der Waals surface area contributed by atoms with Crippen LogP contribution in [-0.4, -0.2) is 147 Å². The highest BCUT2D eigenvalue weighted by molar-refractivity contribution is 5.99. The second-order valence-electron chi connectivity index (χ2n) is 19.4. The Labute approximate surface area is 435 Å². The van der Waals surface area contributed by atoms with Gasteiger partial charge in [-0.3, -0.25) is 52.7 Å². The lowest BCUT2D eigenvalue weighted by Crippen LogP contribution is -2.61. The number of nitrogens with zero attached hydrogens (tertiary/aromatic N) is 1. The minimum atomic E-state index is -1.71. The third-order valence-electron chi connectivity index (χ3n) is 12.8. The first-order valence-corrected chi connectivity index (χ1v) is 24.9. The van der Waals surface area contributed by atoms with E-state index in [0.29, 0.717) is 18.4 Å². The summed E-state index contributed by atoms with van der Waals surface area (Å²) in [4.78, 5) is 147. The van der Waals surface area contributed by atoms with Crippen LogP contribution in [0.2, 0.25) is 0 Å². The van der Waals surface area contributed by atoms with Crippen LogP contribution in [0.25, 0.3) is 0 Å². The Hall–Kier alpha value is -7.63. The van der Waals surface area contributed by atoms with Crippen LogP contribution in [0.15, 0.2) is 48.5 Å². The molecule has 3 unspecified atom stereocenters. The van der Waals surface area contributed by atoms with Crippen molar-refractivity contribution < 1.29 is 68.1 Å². The number of ketones is 1. The molecule has 14 N–H and O–H groups in total. The summed E-state index contributed by atoms with van der Waals surface area (Å²) in [6.07, 6.45) is -2.25. The van der Waals surface area contributed by atoms with Gasteiger partial charge in [-0.05, 0) is 86.8 Å². The Bertz CT molecular complexity index is 2360. The van der Waals surface area contributed by atoms with E-state index in [2.05, 4.69) is 37.2 Å². The van der Waals surface area contributed by atoms with Crippen molar-refractivity contribution in [2.75, 3.05) is 13.1 Å². The van der Waals surface area contributed by atoms with Crippen molar-refractivity contribution in [1.82, 2.24) is 42.1 Å². The Morgan fingerprint density at radius 3 is 1.69 bits per heavy atom. The molecule has 1 fully saturated rings. The highest BCUT2D eigenvalue weighted by Crippen LogP contribution is 2.21. The number of aromatic hydroxyl groups is 2. The minimum absolute atomic E-state index is 0.0356. The highest BCUT2D eigenvalue weighted by atomic mass is 16.3. The van der Waals surface area contributed by atoms with Crippen LogP contribution in [0.5, 0.6) is 11.5 Å². The Morgan fingerprint density at radius 2 is 1.17 bits per heavy atom. The molecule has 0 saturated carbocycles. The number of likely N-dealkylation sites (tertiary alicyclic amines) is 1. The van der Waals surface area contributed by atoms with E-state index in [9.17, 15) is 68.1 Å². The van der Waals surface area contributed by atoms with E-state index in [1.54, 1.807) is 39.8 Å². The van der Waals surface area contributed by atoms with Crippen molar-refractivity contribution in [2.45, 2.75) is 148 Å². The lowest BCUT2D eigenvalue weighted by Gasteiger charge is -2.32. The molecule has 3 rings (SSSR count). The van der Waals surface area contributed by atoms with Crippen molar-refractivity contribution in [2.24, 2.45) is 29.2 Å². The first-order chi connectivity index (χ1) is 35.2. The number of benzene rings is 2. The molecule has 0 aliphatic carbocycles. The third-order valence-corrected chi connectivity index (χ3v) is 12.8. The molecule has 1 aliphatic rings. The number of carbonyl (C=O) groups excluding carboxylic acids is 11. The van der Waals surface area contributed by atoms with Gasteiger partial charge in [0, 0.05) is 25.3 Å². The van der Waals surface area contributed by atoms with Gasteiger partial charge in [-0.1, -0.05) is 65.3 Å². The van der Waals surface area contributed by atoms with E-state index in [-0.39, 0.29) is 49.0 Å². The van der Waals surface area contributed by atoms with Crippen LogP contribution in [0.1, 0.15) is 98.1 Å². The summed E-state index contributed by atoms with van der Waals surface area (Å²) in [6, 6.07) is 2.13. The summed E-state index contributed by atoms with van der Waals surface area (Å²) >= 11 is 0. The number of phenols is 2. The first-order valence-electron chi connectivity index (χ1n) is 24.9. The molecular formula is C51H74N10O14. The number of Topliss-reactive ketones (excluding diaryl/α,β-unsaturated/α-hetero) is 1. The Morgan fingerprint density at radius 1 is 0.640 bits per heavy atom. The zero-order valence-corrected chi connectivity index (χ0v) is 43.5. The second kappa shape index (κ2) is 29.3. The number of nitrogens with two attached hydrogens (primary N) is 2. The molecule has 1 heterocycles. The molecule has 24 nitrogen and oxygen atoms in total. The van der Waals surface area contributed by atoms with Crippen LogP contribution in [0.3, 0.4) is 0 Å². The molecule has 1 aliphatic heterocycles. The average molecular weight is 1050 g/mol. The number of phenolic OH excluding ortho intramolecular Hbond substituents is 2. The number of amides is 10. The average Bonchev–Trinajstić information content (AvgIpc) is 3.85. The summed E-state index contributed by atoms with van der Waals surface area (Å²) in [6.45, 7) is 10.4. The standard InChI is InChI=1S/C51H74N10O14/c1-8-27(4)43(29(6)62)59-50(74)42(26(2)3)58-48(72)37(24-40(53)67)57-46(70)35(19-20-39(52)66)56-49(73)38-10-9-21-61(38)51(75)44(30(7)63)60-47(71)36(23-32-13-17-34(65)18-14-32)55-41(68)25-54-45(69)28(5)22-31-11-15-33(64)16-12-31/h11-18,26-28,30,35-38,42-44,63-65H,8-10,19-25H2,1-7H3,(H2,52,66)(H2,53,67)(H,54,69)(H,55,68)(H,56,73)(H,57,70)(H,58,72)(H,59,74)(H,60,71)/t27?,28-,30?,35-,36-,37-,38?,42-,43-,44-/m0/s1. The fourth-order valence-corrected chi connectivity index (χ4v) is 8.28. The first kappa shape index (κ1) is 61.7. The normalized spacial score (nSPS) is 16.8. The lowest BCUT2D eigenvalue weighted by molar-refractivity contribution is -0.144. The van der Waals surface area contributed by atoms with E-state index in [1.807, 2.05) is 6.92 Å². The fourth-order valence-electron chi connectivity index (χ4n) is 8.28. The molecule has 0 radical (unpaired) electrons. The summed E-state index contributed by atoms with van der Waals surface area (Å²) in [5.74, 6) is -10.4. The van der Waals surface area contributed by atoms with Gasteiger partial charge in [0.25, 0.3) is 0 Å². The zero-order chi connectivity index (χ0) is 56.3. The van der Waals surface area contributed by atoms with Crippen molar-refractivity contribution in [1.29, 1.82) is 0 Å². The number of aliphatic hydroxyl groups is 1. The van der Waals surface area contributed by atoms with Gasteiger partial charge in [0.1, 0.15) is 47.8 Å². The number of carbonyl (C=O) groups is 11. The molecule has 10 atom stereocenters. The summed E-state index contributed by atoms with van der Waals surface area (Å²) in [7, 11) is 0. The molecule has 0 aromatic heterocycles. The van der Waals surface area contributed by atoms with Gasteiger partial charge in [-0.15, -0.1) is 0 Å². The van der Waals surface area contributed by atoms with Crippen LogP contribution in [-0.2, 0) is 65.6 Å². The van der Waals surface area contributed by atoms with Gasteiger partial charge in [0.15, 0.2) is 5.78 Å². The molecule has 0 spiro atoms. The second-order valence-corrected chi connectivity index (χ2v) is 19.4. The maximum Gasteiger partial charge on any atom is 0.248 e. The van der Waals surface area contributed by atoms with Crippen LogP contribution in [0.4, 0.5) is 0 Å². The van der Waals surface area contributed by atoms with Crippen molar-refractivity contribution in [3.8, 4) is 11.5 Å². The molecule has 10 amide bonds. The summed E-state index contributed by atoms with van der Waals surface area (Å²) in [5, 5.41) is 47.9. The number of primary amides is 2. The predicted octanol–water partition coefficient (Wildman–Crippen LogP) is -1.65. The number of rotatable bonds is 29. The van der Waals surface area contributed by atoms with Crippen LogP contribution < -0.4 is 48.7 Å². The molecule has 24 heteroatoms. The molecule has 0 bridgehead atoms. The number of hydrogen-bond acceptors (Lipinski definition) is 14. The van der Waals surface area contributed by atoms with Crippen LogP contribution >= 0.6 is 0 Å². The van der Waals surface area contributed by atoms with E-state index < -0.39 is 145 Å². The fraction of sp³-hybridized carbons (Fsp3) is 0.549. The molecule has 1 saturated heterocycles. The van der Waals surface area contributed by atoms with Gasteiger partial charge in [0.2, 0.25) is 59.1 Å². The topological polar surface area (TPSA) is 388 Å². The summed E-state index contributed by atoms with van der Waals surface area (Å²) < 4.78 is 0. The monoisotopic (exact) mass is 1050 g/mol. The van der Waals surface area contributed by atoms with Crippen LogP contribution in [0, 0.1) is 17.8 Å². The Balaban J connectivity index is 1.80.